The fourth-order valence-electron chi connectivity index (χ4n) is 6.07. The van der Waals surface area contributed by atoms with Gasteiger partial charge in [-0.1, -0.05) is 79.6 Å². The van der Waals surface area contributed by atoms with Gasteiger partial charge in [0.1, 0.15) is 5.82 Å². The molecule has 1 saturated heterocycles. The Morgan fingerprint density at radius 3 is 2.54 bits per heavy atom. The molecule has 1 amide bonds. The lowest BCUT2D eigenvalue weighted by molar-refractivity contribution is -0.123. The fraction of sp³-hybridized carbons (Fsp3) is 0.536. The predicted molar refractivity (Wildman–Crippen MR) is 144 cm³/mol. The first-order chi connectivity index (χ1) is 17.8. The molecule has 9 heteroatoms. The molecule has 0 spiro atoms. The topological polar surface area (TPSA) is 108 Å². The monoisotopic (exact) mass is 551 g/mol. The molecule has 0 radical (unpaired) electrons. The van der Waals surface area contributed by atoms with Crippen molar-refractivity contribution in [2.24, 2.45) is 11.7 Å². The molecule has 202 valence electrons. The smallest absolute Gasteiger partial charge is 0.237 e. The molecular weight excluding hydrogens is 516 g/mol. The molecule has 37 heavy (non-hydrogen) atoms. The van der Waals surface area contributed by atoms with Gasteiger partial charge < -0.3 is 26.6 Å². The zero-order chi connectivity index (χ0) is 26.6. The average molecular weight is 553 g/mol. The molecule has 2 aromatic rings. The van der Waals surface area contributed by atoms with E-state index in [4.69, 9.17) is 34.0 Å². The summed E-state index contributed by atoms with van der Waals surface area (Å²) in [5.74, 6) is -1.24. The largest absolute Gasteiger partial charge is 0.394 e. The number of amides is 1. The molecule has 6 nitrogen and oxygen atoms in total. The van der Waals surface area contributed by atoms with Crippen LogP contribution in [-0.4, -0.2) is 47.5 Å². The van der Waals surface area contributed by atoms with E-state index in [1.807, 2.05) is 12.1 Å². The normalized spacial score (nSPS) is 27.2. The first-order valence-electron chi connectivity index (χ1n) is 13.1. The quantitative estimate of drug-likeness (QED) is 0.320. The van der Waals surface area contributed by atoms with Crippen LogP contribution in [-0.2, 0) is 10.3 Å². The lowest BCUT2D eigenvalue weighted by atomic mass is 9.69. The number of carbonyl (C=O) groups excluding carboxylic acids is 1. The maximum absolute atomic E-state index is 15.6. The van der Waals surface area contributed by atoms with Gasteiger partial charge in [0.2, 0.25) is 5.91 Å². The molecule has 0 aromatic heterocycles. The highest BCUT2D eigenvalue weighted by Crippen LogP contribution is 2.49. The molecule has 2 aliphatic rings. The van der Waals surface area contributed by atoms with Crippen molar-refractivity contribution in [3.05, 3.63) is 69.5 Å². The fourth-order valence-corrected chi connectivity index (χ4v) is 6.38. The van der Waals surface area contributed by atoms with Crippen LogP contribution in [0.2, 0.25) is 10.0 Å². The molecule has 6 N–H and O–H groups in total. The van der Waals surface area contributed by atoms with Gasteiger partial charge in [0, 0.05) is 23.5 Å². The number of hydrogen-bond acceptors (Lipinski definition) is 5. The molecule has 0 bridgehead atoms. The van der Waals surface area contributed by atoms with Gasteiger partial charge in [-0.25, -0.2) is 4.39 Å². The number of hydrogen-bond donors (Lipinski definition) is 5. The zero-order valence-electron chi connectivity index (χ0n) is 20.8. The van der Waals surface area contributed by atoms with E-state index < -0.39 is 29.4 Å². The number of aliphatic hydroxyl groups is 2. The third-order valence-electron chi connectivity index (χ3n) is 8.03. The van der Waals surface area contributed by atoms with Gasteiger partial charge in [-0.05, 0) is 48.1 Å². The van der Waals surface area contributed by atoms with Crippen molar-refractivity contribution in [3.63, 3.8) is 0 Å². The Bertz CT molecular complexity index is 1070. The second-order valence-corrected chi connectivity index (χ2v) is 11.3. The SMILES string of the molecule is NC1(c2ccc(Cl)cc2)[C@H](CC2CCCCC2)N[C@H](C(=O)NCC[C@H](O)CO)[C@@H]1c1cccc(Cl)c1F. The Hall–Kier alpha value is -1.74. The van der Waals surface area contributed by atoms with E-state index in [0.29, 0.717) is 10.9 Å². The van der Waals surface area contributed by atoms with Crippen molar-refractivity contribution in [2.45, 2.75) is 74.6 Å². The second-order valence-electron chi connectivity index (χ2n) is 10.4. The van der Waals surface area contributed by atoms with Gasteiger partial charge in [0.25, 0.3) is 0 Å². The molecule has 1 aliphatic carbocycles. The van der Waals surface area contributed by atoms with Crippen LogP contribution in [0.25, 0.3) is 0 Å². The van der Waals surface area contributed by atoms with Gasteiger partial charge >= 0.3 is 0 Å². The zero-order valence-corrected chi connectivity index (χ0v) is 22.3. The number of halogens is 3. The summed E-state index contributed by atoms with van der Waals surface area (Å²) in [6, 6.07) is 10.9. The minimum atomic E-state index is -1.12. The Balaban J connectivity index is 1.76. The summed E-state index contributed by atoms with van der Waals surface area (Å²) >= 11 is 12.4. The number of aliphatic hydroxyl groups excluding tert-OH is 2. The highest BCUT2D eigenvalue weighted by molar-refractivity contribution is 6.31. The molecular formula is C28H36Cl2FN3O3. The Labute approximate surface area is 227 Å². The van der Waals surface area contributed by atoms with Gasteiger partial charge in [-0.3, -0.25) is 4.79 Å². The molecule has 4 rings (SSSR count). The number of carbonyl (C=O) groups is 1. The maximum atomic E-state index is 15.6. The van der Waals surface area contributed by atoms with Crippen LogP contribution in [0.1, 0.15) is 62.0 Å². The van der Waals surface area contributed by atoms with E-state index in [1.165, 1.54) is 25.3 Å². The van der Waals surface area contributed by atoms with E-state index in [2.05, 4.69) is 10.6 Å². The first kappa shape index (κ1) is 28.3. The summed E-state index contributed by atoms with van der Waals surface area (Å²) in [5, 5.41) is 25.7. The molecule has 1 unspecified atom stereocenters. The first-order valence-corrected chi connectivity index (χ1v) is 13.8. The van der Waals surface area contributed by atoms with Crippen molar-refractivity contribution < 1.29 is 19.4 Å². The summed E-state index contributed by atoms with van der Waals surface area (Å²) in [4.78, 5) is 13.6. The van der Waals surface area contributed by atoms with Crippen LogP contribution in [0, 0.1) is 11.7 Å². The molecule has 2 aromatic carbocycles. The molecule has 1 aliphatic heterocycles. The number of nitrogens with one attached hydrogen (secondary N) is 2. The highest BCUT2D eigenvalue weighted by Gasteiger charge is 2.57. The van der Waals surface area contributed by atoms with Gasteiger partial charge in [-0.15, -0.1) is 0 Å². The number of benzene rings is 2. The van der Waals surface area contributed by atoms with Crippen LogP contribution < -0.4 is 16.4 Å². The highest BCUT2D eigenvalue weighted by atomic mass is 35.5. The molecule has 1 heterocycles. The lowest BCUT2D eigenvalue weighted by Gasteiger charge is -2.39. The summed E-state index contributed by atoms with van der Waals surface area (Å²) in [6.07, 6.45) is 5.77. The van der Waals surface area contributed by atoms with E-state index in [1.54, 1.807) is 24.3 Å². The Morgan fingerprint density at radius 2 is 1.86 bits per heavy atom. The standard InChI is InChI=1S/C28H36Cl2FN3O3/c29-19-11-9-18(10-12-19)28(32)23(15-17-5-2-1-3-6-17)34-26(27(37)33-14-13-20(36)16-35)24(28)21-7-4-8-22(30)25(21)31/h4,7-12,17,20,23-24,26,34-36H,1-3,5-6,13-16,32H2,(H,33,37)/t20-,23-,24-,26-,28?/m0/s1. The number of nitrogens with two attached hydrogens (primary N) is 1. The summed E-state index contributed by atoms with van der Waals surface area (Å²) in [5.41, 5.74) is 7.26. The van der Waals surface area contributed by atoms with Crippen molar-refractivity contribution in [1.29, 1.82) is 0 Å². The van der Waals surface area contributed by atoms with Crippen molar-refractivity contribution in [2.75, 3.05) is 13.2 Å². The van der Waals surface area contributed by atoms with Crippen LogP contribution in [0.3, 0.4) is 0 Å². The molecule has 1 saturated carbocycles. The lowest BCUT2D eigenvalue weighted by Crippen LogP contribution is -2.51. The molecule has 2 fully saturated rings. The van der Waals surface area contributed by atoms with Crippen molar-refractivity contribution >= 4 is 29.1 Å². The van der Waals surface area contributed by atoms with Crippen molar-refractivity contribution in [1.82, 2.24) is 10.6 Å². The number of rotatable bonds is 9. The summed E-state index contributed by atoms with van der Waals surface area (Å²) in [7, 11) is 0. The Morgan fingerprint density at radius 1 is 1.16 bits per heavy atom. The molecule has 5 atom stereocenters. The Kier molecular flexibility index (Phi) is 9.48. The minimum Gasteiger partial charge on any atom is -0.394 e. The predicted octanol–water partition coefficient (Wildman–Crippen LogP) is 4.24. The van der Waals surface area contributed by atoms with Crippen LogP contribution in [0.4, 0.5) is 4.39 Å². The van der Waals surface area contributed by atoms with Gasteiger partial charge in [0.15, 0.2) is 0 Å². The van der Waals surface area contributed by atoms with Gasteiger partial charge in [0.05, 0.1) is 29.3 Å². The third-order valence-corrected chi connectivity index (χ3v) is 8.57. The van der Waals surface area contributed by atoms with Gasteiger partial charge in [-0.2, -0.15) is 0 Å². The van der Waals surface area contributed by atoms with E-state index in [-0.39, 0.29) is 42.1 Å². The van der Waals surface area contributed by atoms with Crippen molar-refractivity contribution in [3.8, 4) is 0 Å². The maximum Gasteiger partial charge on any atom is 0.237 e. The second kappa shape index (κ2) is 12.4. The average Bonchev–Trinajstić information content (AvgIpc) is 3.19. The van der Waals surface area contributed by atoms with E-state index in [9.17, 15) is 9.90 Å². The minimum absolute atomic E-state index is 0.0306. The van der Waals surface area contributed by atoms with Crippen LogP contribution in [0.5, 0.6) is 0 Å². The summed E-state index contributed by atoms with van der Waals surface area (Å²) in [6.45, 7) is -0.227. The van der Waals surface area contributed by atoms with E-state index in [0.717, 1.165) is 24.8 Å². The van der Waals surface area contributed by atoms with Crippen LogP contribution in [0.15, 0.2) is 42.5 Å². The van der Waals surface area contributed by atoms with Crippen LogP contribution >= 0.6 is 23.2 Å². The summed E-state index contributed by atoms with van der Waals surface area (Å²) < 4.78 is 15.6. The van der Waals surface area contributed by atoms with E-state index >= 15 is 4.39 Å². The third kappa shape index (κ3) is 6.13.